The number of aromatic nitrogens is 2. The number of nitrogens with zero attached hydrogens (tertiary/aromatic N) is 2. The minimum absolute atomic E-state index is 0.0768. The molecule has 0 spiro atoms. The van der Waals surface area contributed by atoms with Gasteiger partial charge in [-0.15, -0.1) is 0 Å². The molecule has 2 N–H and O–H groups in total. The third-order valence-electron chi connectivity index (χ3n) is 2.92. The summed E-state index contributed by atoms with van der Waals surface area (Å²) in [5.41, 5.74) is 6.87. The number of rotatable bonds is 1. The van der Waals surface area contributed by atoms with Crippen LogP contribution in [0.1, 0.15) is 45.9 Å². The Morgan fingerprint density at radius 3 is 2.62 bits per heavy atom. The molecule has 4 nitrogen and oxygen atoms in total. The zero-order chi connectivity index (χ0) is 11.9. The molecule has 0 amide bonds. The molecule has 1 aliphatic heterocycles. The van der Waals surface area contributed by atoms with E-state index in [0.717, 1.165) is 18.7 Å². The van der Waals surface area contributed by atoms with Gasteiger partial charge in [0.1, 0.15) is 11.9 Å². The van der Waals surface area contributed by atoms with Crippen LogP contribution in [0.15, 0.2) is 6.07 Å². The number of anilines is 1. The molecule has 2 rings (SSSR count). The summed E-state index contributed by atoms with van der Waals surface area (Å²) >= 11 is 0. The Labute approximate surface area is 96.8 Å². The first kappa shape index (κ1) is 11.5. The van der Waals surface area contributed by atoms with Crippen LogP contribution in [0.2, 0.25) is 0 Å². The van der Waals surface area contributed by atoms with Crippen molar-refractivity contribution in [1.29, 1.82) is 0 Å². The van der Waals surface area contributed by atoms with Gasteiger partial charge in [0.15, 0.2) is 0 Å². The summed E-state index contributed by atoms with van der Waals surface area (Å²) in [5.74, 6) is 1.33. The molecule has 1 fully saturated rings. The number of nitrogens with two attached hydrogens (primary N) is 1. The van der Waals surface area contributed by atoms with Gasteiger partial charge in [-0.1, -0.05) is 6.92 Å². The fourth-order valence-corrected chi connectivity index (χ4v) is 2.10. The Balaban J connectivity index is 2.24. The van der Waals surface area contributed by atoms with E-state index < -0.39 is 0 Å². The van der Waals surface area contributed by atoms with Crippen molar-refractivity contribution in [2.24, 2.45) is 5.92 Å². The van der Waals surface area contributed by atoms with Gasteiger partial charge in [0.05, 0.1) is 17.8 Å². The Morgan fingerprint density at radius 1 is 1.50 bits per heavy atom. The molecule has 1 aliphatic rings. The third kappa shape index (κ3) is 2.07. The van der Waals surface area contributed by atoms with E-state index in [1.165, 1.54) is 0 Å². The van der Waals surface area contributed by atoms with Gasteiger partial charge in [-0.05, 0) is 33.1 Å². The summed E-state index contributed by atoms with van der Waals surface area (Å²) in [4.78, 5) is 0. The van der Waals surface area contributed by atoms with Gasteiger partial charge in [-0.25, -0.2) is 4.68 Å². The number of nitrogen functional groups attached to an aromatic ring is 1. The summed E-state index contributed by atoms with van der Waals surface area (Å²) in [6, 6.07) is 1.94. The minimum Gasteiger partial charge on any atom is -0.384 e. The molecular formula is C12H21N3O. The topological polar surface area (TPSA) is 53.1 Å². The molecule has 0 radical (unpaired) electrons. The highest BCUT2D eigenvalue weighted by atomic mass is 16.5. The van der Waals surface area contributed by atoms with Crippen molar-refractivity contribution in [3.8, 4) is 0 Å². The zero-order valence-corrected chi connectivity index (χ0v) is 10.5. The molecule has 1 aromatic rings. The largest absolute Gasteiger partial charge is 0.384 e. The number of hydrogen-bond donors (Lipinski definition) is 1. The standard InChI is InChI=1S/C12H21N3O/c1-8-5-10(16-7-8)9-6-11(13)15(14-9)12(2,3)4/h6,8,10H,5,7,13H2,1-4H3. The Kier molecular flexibility index (Phi) is 2.70. The molecule has 2 atom stereocenters. The lowest BCUT2D eigenvalue weighted by atomic mass is 10.1. The van der Waals surface area contributed by atoms with E-state index in [1.807, 2.05) is 10.7 Å². The van der Waals surface area contributed by atoms with Crippen molar-refractivity contribution in [3.05, 3.63) is 11.8 Å². The van der Waals surface area contributed by atoms with Crippen LogP contribution in [0, 0.1) is 5.92 Å². The van der Waals surface area contributed by atoms with E-state index in [2.05, 4.69) is 32.8 Å². The normalized spacial score (nSPS) is 26.2. The first-order valence-electron chi connectivity index (χ1n) is 5.85. The average Bonchev–Trinajstić information content (AvgIpc) is 2.70. The predicted molar refractivity (Wildman–Crippen MR) is 64.1 cm³/mol. The quantitative estimate of drug-likeness (QED) is 0.795. The van der Waals surface area contributed by atoms with Crippen LogP contribution < -0.4 is 5.73 Å². The van der Waals surface area contributed by atoms with Crippen LogP contribution in [-0.2, 0) is 10.3 Å². The molecule has 2 unspecified atom stereocenters. The molecule has 2 heterocycles. The Morgan fingerprint density at radius 2 is 2.19 bits per heavy atom. The van der Waals surface area contributed by atoms with Crippen LogP contribution in [0.25, 0.3) is 0 Å². The summed E-state index contributed by atoms with van der Waals surface area (Å²) in [6.45, 7) is 9.31. The van der Waals surface area contributed by atoms with Gasteiger partial charge >= 0.3 is 0 Å². The SMILES string of the molecule is CC1COC(c2cc(N)n(C(C)(C)C)n2)C1. The van der Waals surface area contributed by atoms with Crippen molar-refractivity contribution in [1.82, 2.24) is 9.78 Å². The highest BCUT2D eigenvalue weighted by molar-refractivity contribution is 5.33. The molecule has 4 heteroatoms. The zero-order valence-electron chi connectivity index (χ0n) is 10.5. The van der Waals surface area contributed by atoms with E-state index in [0.29, 0.717) is 11.7 Å². The van der Waals surface area contributed by atoms with Crippen LogP contribution >= 0.6 is 0 Å². The lowest BCUT2D eigenvalue weighted by Gasteiger charge is -2.20. The van der Waals surface area contributed by atoms with Crippen molar-refractivity contribution >= 4 is 5.82 Å². The molecule has 16 heavy (non-hydrogen) atoms. The molecular weight excluding hydrogens is 202 g/mol. The number of hydrogen-bond acceptors (Lipinski definition) is 3. The van der Waals surface area contributed by atoms with Crippen molar-refractivity contribution < 1.29 is 4.74 Å². The maximum atomic E-state index is 5.97. The third-order valence-corrected chi connectivity index (χ3v) is 2.92. The number of ether oxygens (including phenoxy) is 1. The highest BCUT2D eigenvalue weighted by Gasteiger charge is 2.28. The minimum atomic E-state index is -0.0768. The van der Waals surface area contributed by atoms with E-state index in [9.17, 15) is 0 Å². The van der Waals surface area contributed by atoms with Crippen LogP contribution in [0.4, 0.5) is 5.82 Å². The van der Waals surface area contributed by atoms with Crippen LogP contribution in [0.5, 0.6) is 0 Å². The molecule has 0 saturated carbocycles. The van der Waals surface area contributed by atoms with Crippen molar-refractivity contribution in [2.45, 2.75) is 45.8 Å². The smallest absolute Gasteiger partial charge is 0.122 e. The van der Waals surface area contributed by atoms with Crippen LogP contribution in [-0.4, -0.2) is 16.4 Å². The van der Waals surface area contributed by atoms with Crippen LogP contribution in [0.3, 0.4) is 0 Å². The second-order valence-electron chi connectivity index (χ2n) is 5.74. The summed E-state index contributed by atoms with van der Waals surface area (Å²) in [6.07, 6.45) is 1.17. The lowest BCUT2D eigenvalue weighted by molar-refractivity contribution is 0.104. The van der Waals surface area contributed by atoms with Gasteiger partial charge in [0, 0.05) is 6.07 Å². The molecule has 90 valence electrons. The second-order valence-corrected chi connectivity index (χ2v) is 5.74. The van der Waals surface area contributed by atoms with E-state index in [4.69, 9.17) is 10.5 Å². The molecule has 1 aromatic heterocycles. The maximum Gasteiger partial charge on any atom is 0.122 e. The first-order chi connectivity index (χ1) is 7.38. The van der Waals surface area contributed by atoms with Crippen molar-refractivity contribution in [3.63, 3.8) is 0 Å². The van der Waals surface area contributed by atoms with E-state index in [-0.39, 0.29) is 11.6 Å². The van der Waals surface area contributed by atoms with E-state index in [1.54, 1.807) is 0 Å². The van der Waals surface area contributed by atoms with E-state index >= 15 is 0 Å². The molecule has 0 bridgehead atoms. The summed E-state index contributed by atoms with van der Waals surface area (Å²) < 4.78 is 7.57. The molecule has 0 aliphatic carbocycles. The van der Waals surface area contributed by atoms with Gasteiger partial charge in [-0.2, -0.15) is 5.10 Å². The van der Waals surface area contributed by atoms with Gasteiger partial charge in [-0.3, -0.25) is 0 Å². The average molecular weight is 223 g/mol. The first-order valence-corrected chi connectivity index (χ1v) is 5.85. The fraction of sp³-hybridized carbons (Fsp3) is 0.750. The van der Waals surface area contributed by atoms with Gasteiger partial charge < -0.3 is 10.5 Å². The van der Waals surface area contributed by atoms with Crippen molar-refractivity contribution in [2.75, 3.05) is 12.3 Å². The maximum absolute atomic E-state index is 5.97. The predicted octanol–water partition coefficient (Wildman–Crippen LogP) is 2.32. The Hall–Kier alpha value is -1.03. The highest BCUT2D eigenvalue weighted by Crippen LogP contribution is 2.33. The second kappa shape index (κ2) is 3.77. The molecule has 0 aromatic carbocycles. The fourth-order valence-electron chi connectivity index (χ4n) is 2.10. The lowest BCUT2D eigenvalue weighted by Crippen LogP contribution is -2.24. The monoisotopic (exact) mass is 223 g/mol. The Bertz CT molecular complexity index is 378. The summed E-state index contributed by atoms with van der Waals surface area (Å²) in [7, 11) is 0. The molecule has 1 saturated heterocycles. The van der Waals surface area contributed by atoms with Gasteiger partial charge in [0.25, 0.3) is 0 Å². The summed E-state index contributed by atoms with van der Waals surface area (Å²) in [5, 5.41) is 4.56. The van der Waals surface area contributed by atoms with Gasteiger partial charge in [0.2, 0.25) is 0 Å².